The molecule has 1 aromatic rings. The highest BCUT2D eigenvalue weighted by atomic mass is 35.5. The highest BCUT2D eigenvalue weighted by Gasteiger charge is 2.25. The first kappa shape index (κ1) is 15.8. The molecule has 1 rings (SSSR count). The number of rotatable bonds is 5. The van der Waals surface area contributed by atoms with Gasteiger partial charge in [0.1, 0.15) is 11.3 Å². The van der Waals surface area contributed by atoms with E-state index in [1.54, 1.807) is 13.8 Å². The lowest BCUT2D eigenvalue weighted by Crippen LogP contribution is -2.42. The number of pyridine rings is 1. The number of hydrogen-bond acceptors (Lipinski definition) is 5. The zero-order valence-electron chi connectivity index (χ0n) is 10.9. The molecule has 9 heteroatoms. The molecule has 2 amide bonds. The van der Waals surface area contributed by atoms with Gasteiger partial charge in [-0.2, -0.15) is 0 Å². The van der Waals surface area contributed by atoms with Gasteiger partial charge in [-0.15, -0.1) is 0 Å². The van der Waals surface area contributed by atoms with Gasteiger partial charge in [-0.1, -0.05) is 11.6 Å². The van der Waals surface area contributed by atoms with Crippen LogP contribution in [0, 0.1) is 10.1 Å². The Morgan fingerprint density at radius 2 is 2.15 bits per heavy atom. The van der Waals surface area contributed by atoms with Crippen molar-refractivity contribution in [1.82, 2.24) is 9.88 Å². The van der Waals surface area contributed by atoms with Crippen LogP contribution in [0.15, 0.2) is 12.3 Å². The van der Waals surface area contributed by atoms with Crippen LogP contribution in [-0.4, -0.2) is 39.2 Å². The summed E-state index contributed by atoms with van der Waals surface area (Å²) in [4.78, 5) is 38.0. The Balaban J connectivity index is 3.20. The van der Waals surface area contributed by atoms with E-state index in [2.05, 4.69) is 4.98 Å². The minimum absolute atomic E-state index is 0.143. The normalized spacial score (nSPS) is 10.4. The fourth-order valence-electron chi connectivity index (χ4n) is 1.50. The molecule has 8 nitrogen and oxygen atoms in total. The molecule has 108 valence electrons. The van der Waals surface area contributed by atoms with E-state index < -0.39 is 16.7 Å². The fourth-order valence-corrected chi connectivity index (χ4v) is 1.68. The molecular weight excluding hydrogens is 288 g/mol. The fraction of sp³-hybridized carbons (Fsp3) is 0.364. The maximum absolute atomic E-state index is 12.3. The molecule has 1 aromatic heterocycles. The smallest absolute Gasteiger partial charge is 0.288 e. The third-order valence-electron chi connectivity index (χ3n) is 2.48. The molecule has 1 heterocycles. The summed E-state index contributed by atoms with van der Waals surface area (Å²) >= 11 is 5.78. The number of hydrogen-bond donors (Lipinski definition) is 1. The number of carbonyl (C=O) groups excluding carboxylic acids is 2. The zero-order chi connectivity index (χ0) is 15.4. The first-order valence-corrected chi connectivity index (χ1v) is 6.01. The molecule has 0 radical (unpaired) electrons. The van der Waals surface area contributed by atoms with E-state index in [0.29, 0.717) is 0 Å². The van der Waals surface area contributed by atoms with Crippen LogP contribution in [0.5, 0.6) is 0 Å². The Morgan fingerprint density at radius 1 is 1.55 bits per heavy atom. The molecule has 2 N–H and O–H groups in total. The summed E-state index contributed by atoms with van der Waals surface area (Å²) in [5.41, 5.74) is 4.57. The Bertz CT molecular complexity index is 561. The van der Waals surface area contributed by atoms with E-state index in [9.17, 15) is 19.7 Å². The molecule has 20 heavy (non-hydrogen) atoms. The highest BCUT2D eigenvalue weighted by molar-refractivity contribution is 6.32. The monoisotopic (exact) mass is 300 g/mol. The van der Waals surface area contributed by atoms with Crippen LogP contribution in [0.3, 0.4) is 0 Å². The van der Waals surface area contributed by atoms with E-state index in [0.717, 1.165) is 17.2 Å². The maximum Gasteiger partial charge on any atom is 0.288 e. The standard InChI is InChI=1S/C11H13ClN4O4/c1-6(2)15(5-9(13)17)11(18)8-3-7(16(19)20)4-14-10(8)12/h3-4,6H,5H2,1-2H3,(H2,13,17). The zero-order valence-corrected chi connectivity index (χ0v) is 11.6. The quantitative estimate of drug-likeness (QED) is 0.494. The van der Waals surface area contributed by atoms with Gasteiger partial charge in [0.25, 0.3) is 11.6 Å². The van der Waals surface area contributed by atoms with Gasteiger partial charge in [0.2, 0.25) is 5.91 Å². The average Bonchev–Trinajstić information content (AvgIpc) is 2.34. The van der Waals surface area contributed by atoms with Crippen LogP contribution in [0.1, 0.15) is 24.2 Å². The molecular formula is C11H13ClN4O4. The molecule has 0 aliphatic heterocycles. The summed E-state index contributed by atoms with van der Waals surface area (Å²) in [7, 11) is 0. The molecule has 0 atom stereocenters. The van der Waals surface area contributed by atoms with E-state index in [1.807, 2.05) is 0 Å². The van der Waals surface area contributed by atoms with Gasteiger partial charge < -0.3 is 10.6 Å². The summed E-state index contributed by atoms with van der Waals surface area (Å²) in [5.74, 6) is -1.33. The van der Waals surface area contributed by atoms with Crippen LogP contribution in [-0.2, 0) is 4.79 Å². The van der Waals surface area contributed by atoms with Crippen molar-refractivity contribution in [2.45, 2.75) is 19.9 Å². The third-order valence-corrected chi connectivity index (χ3v) is 2.78. The molecule has 0 aromatic carbocycles. The lowest BCUT2D eigenvalue weighted by Gasteiger charge is -2.25. The number of halogens is 1. The minimum Gasteiger partial charge on any atom is -0.368 e. The molecule has 0 aliphatic carbocycles. The van der Waals surface area contributed by atoms with E-state index >= 15 is 0 Å². The summed E-state index contributed by atoms with van der Waals surface area (Å²) in [6.45, 7) is 3.05. The van der Waals surface area contributed by atoms with Gasteiger partial charge in [0.05, 0.1) is 17.0 Å². The van der Waals surface area contributed by atoms with Crippen molar-refractivity contribution >= 4 is 29.1 Å². The number of aromatic nitrogens is 1. The largest absolute Gasteiger partial charge is 0.368 e. The van der Waals surface area contributed by atoms with Crippen molar-refractivity contribution in [2.75, 3.05) is 6.54 Å². The SMILES string of the molecule is CC(C)N(CC(N)=O)C(=O)c1cc([N+](=O)[O-])cnc1Cl. The topological polar surface area (TPSA) is 119 Å². The Morgan fingerprint density at radius 3 is 2.60 bits per heavy atom. The van der Waals surface area contributed by atoms with Gasteiger partial charge in [-0.25, -0.2) is 4.98 Å². The summed E-state index contributed by atoms with van der Waals surface area (Å²) in [5, 5.41) is 10.5. The van der Waals surface area contributed by atoms with Crippen LogP contribution in [0.2, 0.25) is 5.15 Å². The lowest BCUT2D eigenvalue weighted by molar-refractivity contribution is -0.385. The maximum atomic E-state index is 12.3. The molecule has 0 fully saturated rings. The highest BCUT2D eigenvalue weighted by Crippen LogP contribution is 2.21. The number of carbonyl (C=O) groups is 2. The second-order valence-corrected chi connectivity index (χ2v) is 4.64. The van der Waals surface area contributed by atoms with Crippen LogP contribution in [0.4, 0.5) is 5.69 Å². The molecule has 0 saturated carbocycles. The van der Waals surface area contributed by atoms with Crippen molar-refractivity contribution in [2.24, 2.45) is 5.73 Å². The Kier molecular flexibility index (Phi) is 4.98. The van der Waals surface area contributed by atoms with Gasteiger partial charge >= 0.3 is 0 Å². The van der Waals surface area contributed by atoms with Gasteiger partial charge in [0, 0.05) is 12.1 Å². The van der Waals surface area contributed by atoms with Crippen molar-refractivity contribution in [3.63, 3.8) is 0 Å². The first-order valence-electron chi connectivity index (χ1n) is 5.63. The van der Waals surface area contributed by atoms with Crippen molar-refractivity contribution in [3.05, 3.63) is 33.1 Å². The Hall–Kier alpha value is -2.22. The molecule has 0 saturated heterocycles. The second kappa shape index (κ2) is 6.29. The summed E-state index contributed by atoms with van der Waals surface area (Å²) in [6.07, 6.45) is 0.951. The minimum atomic E-state index is -0.693. The first-order chi connectivity index (χ1) is 9.23. The predicted octanol–water partition coefficient (Wildman–Crippen LogP) is 0.979. The predicted molar refractivity (Wildman–Crippen MR) is 71.3 cm³/mol. The van der Waals surface area contributed by atoms with E-state index in [-0.39, 0.29) is 29.0 Å². The number of primary amides is 1. The molecule has 0 bridgehead atoms. The number of amides is 2. The number of nitro groups is 1. The van der Waals surface area contributed by atoms with E-state index in [4.69, 9.17) is 17.3 Å². The van der Waals surface area contributed by atoms with Crippen LogP contribution in [0.25, 0.3) is 0 Å². The number of nitrogens with zero attached hydrogens (tertiary/aromatic N) is 3. The van der Waals surface area contributed by atoms with Gasteiger partial charge in [0.15, 0.2) is 0 Å². The summed E-state index contributed by atoms with van der Waals surface area (Å²) < 4.78 is 0. The van der Waals surface area contributed by atoms with Gasteiger partial charge in [-0.3, -0.25) is 19.7 Å². The lowest BCUT2D eigenvalue weighted by atomic mass is 10.2. The third kappa shape index (κ3) is 3.64. The van der Waals surface area contributed by atoms with Crippen molar-refractivity contribution in [1.29, 1.82) is 0 Å². The Labute approximate surface area is 119 Å². The van der Waals surface area contributed by atoms with Crippen LogP contribution < -0.4 is 5.73 Å². The van der Waals surface area contributed by atoms with Gasteiger partial charge in [-0.05, 0) is 13.8 Å². The van der Waals surface area contributed by atoms with Crippen molar-refractivity contribution in [3.8, 4) is 0 Å². The molecule has 0 aliphatic rings. The summed E-state index contributed by atoms with van der Waals surface area (Å²) in [6, 6.07) is 0.693. The second-order valence-electron chi connectivity index (χ2n) is 4.28. The van der Waals surface area contributed by atoms with E-state index in [1.165, 1.54) is 0 Å². The molecule has 0 spiro atoms. The number of nitrogens with two attached hydrogens (primary N) is 1. The average molecular weight is 301 g/mol. The molecule has 0 unspecified atom stereocenters. The van der Waals surface area contributed by atoms with Crippen LogP contribution >= 0.6 is 11.6 Å². The van der Waals surface area contributed by atoms with Crippen molar-refractivity contribution < 1.29 is 14.5 Å².